The van der Waals surface area contributed by atoms with Crippen LogP contribution in [0.5, 0.6) is 0 Å². The largest absolute Gasteiger partial charge is 0.374 e. The molecule has 9 heteroatoms. The quantitative estimate of drug-likeness (QED) is 0.822. The van der Waals surface area contributed by atoms with Crippen LogP contribution in [0, 0.1) is 5.41 Å². The molecule has 3 aliphatic heterocycles. The minimum atomic E-state index is -0.610. The van der Waals surface area contributed by atoms with Gasteiger partial charge in [-0.2, -0.15) is 4.98 Å². The highest BCUT2D eigenvalue weighted by Gasteiger charge is 2.46. The number of ether oxygens (including phenoxy) is 1. The van der Waals surface area contributed by atoms with Gasteiger partial charge >= 0.3 is 0 Å². The van der Waals surface area contributed by atoms with Gasteiger partial charge in [-0.25, -0.2) is 19.3 Å². The molecule has 8 nitrogen and oxygen atoms in total. The maximum Gasteiger partial charge on any atom is 0.227 e. The summed E-state index contributed by atoms with van der Waals surface area (Å²) >= 11 is 0. The Kier molecular flexibility index (Phi) is 4.09. The molecular weight excluding hydrogens is 385 g/mol. The first-order valence-corrected chi connectivity index (χ1v) is 10.8. The molecule has 30 heavy (non-hydrogen) atoms. The Hall–Kier alpha value is -2.55. The average Bonchev–Trinajstić information content (AvgIpc) is 3.37. The molecule has 0 radical (unpaired) electrons. The maximum atomic E-state index is 13.5. The predicted molar refractivity (Wildman–Crippen MR) is 111 cm³/mol. The van der Waals surface area contributed by atoms with Gasteiger partial charge < -0.3 is 20.3 Å². The first-order chi connectivity index (χ1) is 14.6. The fourth-order valence-corrected chi connectivity index (χ4v) is 5.48. The number of anilines is 3. The molecule has 3 saturated heterocycles. The molecule has 0 unspecified atom stereocenters. The summed E-state index contributed by atoms with van der Waals surface area (Å²) in [4.78, 5) is 22.7. The Morgan fingerprint density at radius 2 is 1.90 bits per heavy atom. The van der Waals surface area contributed by atoms with Crippen LogP contribution in [0.2, 0.25) is 0 Å². The van der Waals surface area contributed by atoms with Gasteiger partial charge in [-0.3, -0.25) is 0 Å². The van der Waals surface area contributed by atoms with Crippen LogP contribution in [-0.2, 0) is 4.74 Å². The van der Waals surface area contributed by atoms with Crippen LogP contribution in [0.1, 0.15) is 32.1 Å². The number of nitrogen functional groups attached to an aromatic ring is 1. The van der Waals surface area contributed by atoms with Crippen molar-refractivity contribution in [1.82, 2.24) is 19.9 Å². The zero-order valence-electron chi connectivity index (χ0n) is 16.9. The van der Waals surface area contributed by atoms with E-state index in [0.29, 0.717) is 25.0 Å². The van der Waals surface area contributed by atoms with Crippen molar-refractivity contribution >= 4 is 17.7 Å². The molecule has 6 rings (SSSR count). The van der Waals surface area contributed by atoms with Gasteiger partial charge in [0.05, 0.1) is 24.4 Å². The Balaban J connectivity index is 1.32. The molecule has 0 amide bonds. The van der Waals surface area contributed by atoms with Crippen molar-refractivity contribution in [3.8, 4) is 11.3 Å². The normalized spacial score (nSPS) is 27.6. The number of aromatic nitrogens is 4. The summed E-state index contributed by atoms with van der Waals surface area (Å²) in [6, 6.07) is 2.39. The smallest absolute Gasteiger partial charge is 0.227 e. The van der Waals surface area contributed by atoms with Crippen LogP contribution < -0.4 is 15.5 Å². The summed E-state index contributed by atoms with van der Waals surface area (Å²) in [7, 11) is 0. The highest BCUT2D eigenvalue weighted by Crippen LogP contribution is 2.50. The Labute approximate surface area is 174 Å². The highest BCUT2D eigenvalue weighted by atomic mass is 19.1. The molecule has 1 spiro atoms. The number of piperidine rings is 1. The predicted octanol–water partition coefficient (Wildman–Crippen LogP) is 2.21. The van der Waals surface area contributed by atoms with E-state index < -0.39 is 6.17 Å². The summed E-state index contributed by atoms with van der Waals surface area (Å²) < 4.78 is 19.2. The molecule has 4 fully saturated rings. The first-order valence-electron chi connectivity index (χ1n) is 10.8. The lowest BCUT2D eigenvalue weighted by molar-refractivity contribution is 0.00432. The zero-order valence-corrected chi connectivity index (χ0v) is 16.9. The fourth-order valence-electron chi connectivity index (χ4n) is 5.48. The third-order valence-electron chi connectivity index (χ3n) is 7.28. The van der Waals surface area contributed by atoms with Crippen LogP contribution in [0.4, 0.5) is 22.1 Å². The van der Waals surface area contributed by atoms with E-state index in [2.05, 4.69) is 19.8 Å². The van der Waals surface area contributed by atoms with E-state index in [4.69, 9.17) is 20.4 Å². The van der Waals surface area contributed by atoms with Crippen LogP contribution in [0.15, 0.2) is 18.5 Å². The molecule has 2 N–H and O–H groups in total. The van der Waals surface area contributed by atoms with E-state index in [-0.39, 0.29) is 11.4 Å². The van der Waals surface area contributed by atoms with E-state index >= 15 is 0 Å². The van der Waals surface area contributed by atoms with Gasteiger partial charge in [0.1, 0.15) is 12.0 Å². The Morgan fingerprint density at radius 1 is 1.13 bits per heavy atom. The number of nitrogens with two attached hydrogens (primary N) is 1. The van der Waals surface area contributed by atoms with Crippen molar-refractivity contribution in [2.75, 3.05) is 41.8 Å². The number of halogens is 1. The number of hydrogen-bond acceptors (Lipinski definition) is 8. The number of nitrogens with zero attached hydrogens (tertiary/aromatic N) is 6. The minimum Gasteiger partial charge on any atom is -0.374 e. The lowest BCUT2D eigenvalue weighted by Crippen LogP contribution is -2.48. The van der Waals surface area contributed by atoms with Gasteiger partial charge in [-0.05, 0) is 37.5 Å². The lowest BCUT2D eigenvalue weighted by Gasteiger charge is -2.49. The van der Waals surface area contributed by atoms with Gasteiger partial charge in [0.25, 0.3) is 0 Å². The van der Waals surface area contributed by atoms with Crippen LogP contribution in [0.3, 0.4) is 0 Å². The molecule has 1 saturated carbocycles. The van der Waals surface area contributed by atoms with E-state index in [1.165, 1.54) is 0 Å². The van der Waals surface area contributed by atoms with Crippen molar-refractivity contribution < 1.29 is 9.13 Å². The van der Waals surface area contributed by atoms with Crippen LogP contribution >= 0.6 is 0 Å². The number of alkyl halides is 1. The monoisotopic (exact) mass is 411 g/mol. The van der Waals surface area contributed by atoms with E-state index in [0.717, 1.165) is 68.5 Å². The summed E-state index contributed by atoms with van der Waals surface area (Å²) in [5.74, 6) is 1.90. The standard InChI is InChI=1S/C21H26FN7O/c22-14-7-21(8-14)1-3-28(4-2-21)20-26-17(13-9-24-19(23)25-10-13)6-18(27-20)29-11-16-5-15(29)12-30-16/h6,9-10,14-16H,1-5,7-8,11-12H2,(H2,23,24,25)/t15-,16-/m0/s1. The number of fused-ring (bicyclic) bond motifs is 2. The van der Waals surface area contributed by atoms with Crippen molar-refractivity contribution in [2.45, 2.75) is 50.4 Å². The molecule has 4 aliphatic rings. The second-order valence-corrected chi connectivity index (χ2v) is 9.23. The third kappa shape index (κ3) is 3.07. The third-order valence-corrected chi connectivity index (χ3v) is 7.28. The van der Waals surface area contributed by atoms with Gasteiger partial charge in [0.15, 0.2) is 0 Å². The first kappa shape index (κ1) is 18.2. The highest BCUT2D eigenvalue weighted by molar-refractivity contribution is 5.64. The molecule has 158 valence electrons. The van der Waals surface area contributed by atoms with Gasteiger partial charge in [0, 0.05) is 43.7 Å². The van der Waals surface area contributed by atoms with Crippen molar-refractivity contribution in [2.24, 2.45) is 5.41 Å². The van der Waals surface area contributed by atoms with Crippen LogP contribution in [0.25, 0.3) is 11.3 Å². The summed E-state index contributed by atoms with van der Waals surface area (Å²) in [6.07, 6.45) is 7.58. The molecular formula is C21H26FN7O. The second-order valence-electron chi connectivity index (χ2n) is 9.23. The van der Waals surface area contributed by atoms with Crippen molar-refractivity contribution in [3.63, 3.8) is 0 Å². The topological polar surface area (TPSA) is 93.3 Å². The van der Waals surface area contributed by atoms with E-state index in [1.807, 2.05) is 6.07 Å². The van der Waals surface area contributed by atoms with E-state index in [9.17, 15) is 4.39 Å². The summed E-state index contributed by atoms with van der Waals surface area (Å²) in [6.45, 7) is 3.34. The number of rotatable bonds is 3. The minimum absolute atomic E-state index is 0.201. The van der Waals surface area contributed by atoms with Crippen molar-refractivity contribution in [1.29, 1.82) is 0 Å². The molecule has 2 aromatic rings. The lowest BCUT2D eigenvalue weighted by atomic mass is 9.62. The summed E-state index contributed by atoms with van der Waals surface area (Å²) in [5, 5.41) is 0. The molecule has 2 bridgehead atoms. The molecule has 2 aromatic heterocycles. The fraction of sp³-hybridized carbons (Fsp3) is 0.619. The number of hydrogen-bond donors (Lipinski definition) is 1. The van der Waals surface area contributed by atoms with Gasteiger partial charge in [-0.1, -0.05) is 0 Å². The van der Waals surface area contributed by atoms with Crippen LogP contribution in [-0.4, -0.2) is 64.5 Å². The molecule has 1 aliphatic carbocycles. The van der Waals surface area contributed by atoms with Crippen molar-refractivity contribution in [3.05, 3.63) is 18.5 Å². The van der Waals surface area contributed by atoms with Gasteiger partial charge in [-0.15, -0.1) is 0 Å². The SMILES string of the molecule is Nc1ncc(-c2cc(N3C[C@@H]4C[C@H]3CO4)nc(N3CCC4(CC3)CC(F)C4)n2)cn1. The molecule has 5 heterocycles. The average molecular weight is 411 g/mol. The maximum absolute atomic E-state index is 13.5. The second kappa shape index (κ2) is 6.73. The Bertz CT molecular complexity index is 939. The summed E-state index contributed by atoms with van der Waals surface area (Å²) in [5.41, 5.74) is 7.48. The zero-order chi connectivity index (χ0) is 20.3. The van der Waals surface area contributed by atoms with E-state index in [1.54, 1.807) is 12.4 Å². The molecule has 2 atom stereocenters. The Morgan fingerprint density at radius 3 is 2.53 bits per heavy atom. The molecule has 0 aromatic carbocycles. The van der Waals surface area contributed by atoms with Gasteiger partial charge in [0.2, 0.25) is 11.9 Å². The number of morpholine rings is 1.